The van der Waals surface area contributed by atoms with Gasteiger partial charge in [-0.15, -0.1) is 10.2 Å². The molecule has 9 heteroatoms. The molecule has 2 N–H and O–H groups in total. The van der Waals surface area contributed by atoms with Crippen LogP contribution in [0, 0.1) is 6.92 Å². The van der Waals surface area contributed by atoms with E-state index in [1.54, 1.807) is 22.5 Å². The van der Waals surface area contributed by atoms with Crippen molar-refractivity contribution in [1.82, 2.24) is 24.5 Å². The molecule has 0 fully saturated rings. The zero-order chi connectivity index (χ0) is 14.0. The lowest BCUT2D eigenvalue weighted by Crippen LogP contribution is -2.05. The van der Waals surface area contributed by atoms with Crippen LogP contribution in [0.4, 0.5) is 0 Å². The van der Waals surface area contributed by atoms with Gasteiger partial charge in [-0.2, -0.15) is 5.10 Å². The number of aryl methyl sites for hydroxylation is 2. The van der Waals surface area contributed by atoms with Crippen LogP contribution in [0.1, 0.15) is 11.5 Å². The maximum Gasteiger partial charge on any atom is 0.313 e. The van der Waals surface area contributed by atoms with Crippen molar-refractivity contribution in [3.63, 3.8) is 0 Å². The first kappa shape index (κ1) is 13.6. The Kier molecular flexibility index (Phi) is 3.86. The Bertz CT molecular complexity index is 606. The van der Waals surface area contributed by atoms with E-state index in [-0.39, 0.29) is 12.4 Å². The SMILES string of the molecule is Cc1nn(C)cc1-n1c(CO)nnc1SCC(=O)O. The van der Waals surface area contributed by atoms with E-state index in [9.17, 15) is 9.90 Å². The van der Waals surface area contributed by atoms with Crippen LogP contribution in [0.25, 0.3) is 5.69 Å². The number of carboxylic acid groups (broad SMARTS) is 1. The van der Waals surface area contributed by atoms with E-state index in [1.807, 2.05) is 6.92 Å². The lowest BCUT2D eigenvalue weighted by molar-refractivity contribution is -0.133. The molecule has 0 saturated heterocycles. The second kappa shape index (κ2) is 5.41. The predicted octanol–water partition coefficient (Wildman–Crippen LogP) is -0.0218. The van der Waals surface area contributed by atoms with Crippen LogP contribution in [-0.4, -0.2) is 46.5 Å². The molecule has 0 spiro atoms. The molecular weight excluding hydrogens is 270 g/mol. The van der Waals surface area contributed by atoms with E-state index in [0.29, 0.717) is 11.0 Å². The number of hydrogen-bond acceptors (Lipinski definition) is 6. The maximum absolute atomic E-state index is 10.6. The highest BCUT2D eigenvalue weighted by Crippen LogP contribution is 2.23. The molecule has 0 aliphatic rings. The van der Waals surface area contributed by atoms with Crippen molar-refractivity contribution >= 4 is 17.7 Å². The van der Waals surface area contributed by atoms with E-state index >= 15 is 0 Å². The molecule has 0 aliphatic heterocycles. The van der Waals surface area contributed by atoms with Gasteiger partial charge in [0.2, 0.25) is 0 Å². The van der Waals surface area contributed by atoms with Gasteiger partial charge in [0.1, 0.15) is 6.61 Å². The third kappa shape index (κ3) is 2.76. The fourth-order valence-corrected chi connectivity index (χ4v) is 2.36. The molecule has 0 aliphatic carbocycles. The molecule has 2 heterocycles. The van der Waals surface area contributed by atoms with Crippen LogP contribution in [-0.2, 0) is 18.4 Å². The Morgan fingerprint density at radius 3 is 2.74 bits per heavy atom. The summed E-state index contributed by atoms with van der Waals surface area (Å²) >= 11 is 1.05. The first-order valence-electron chi connectivity index (χ1n) is 5.43. The van der Waals surface area contributed by atoms with Gasteiger partial charge < -0.3 is 10.2 Å². The molecule has 2 aromatic heterocycles. The zero-order valence-electron chi connectivity index (χ0n) is 10.4. The number of carbonyl (C=O) groups is 1. The van der Waals surface area contributed by atoms with E-state index in [0.717, 1.165) is 23.1 Å². The Labute approximate surface area is 113 Å². The van der Waals surface area contributed by atoms with Gasteiger partial charge in [-0.1, -0.05) is 11.8 Å². The van der Waals surface area contributed by atoms with E-state index in [4.69, 9.17) is 5.11 Å². The second-order valence-electron chi connectivity index (χ2n) is 3.85. The van der Waals surface area contributed by atoms with Gasteiger partial charge >= 0.3 is 5.97 Å². The molecule has 0 amide bonds. The van der Waals surface area contributed by atoms with Crippen molar-refractivity contribution in [3.05, 3.63) is 17.7 Å². The molecule has 2 rings (SSSR count). The first-order chi connectivity index (χ1) is 9.02. The van der Waals surface area contributed by atoms with E-state index < -0.39 is 5.97 Å². The number of aliphatic hydroxyl groups is 1. The summed E-state index contributed by atoms with van der Waals surface area (Å²) in [5.41, 5.74) is 1.47. The van der Waals surface area contributed by atoms with Crippen LogP contribution in [0.5, 0.6) is 0 Å². The highest BCUT2D eigenvalue weighted by atomic mass is 32.2. The Morgan fingerprint density at radius 2 is 2.21 bits per heavy atom. The fourth-order valence-electron chi connectivity index (χ4n) is 1.67. The first-order valence-corrected chi connectivity index (χ1v) is 6.42. The van der Waals surface area contributed by atoms with E-state index in [1.165, 1.54) is 0 Å². The topological polar surface area (TPSA) is 106 Å². The summed E-state index contributed by atoms with van der Waals surface area (Å²) in [5, 5.41) is 30.4. The number of hydrogen-bond donors (Lipinski definition) is 2. The van der Waals surface area contributed by atoms with Gasteiger partial charge in [0, 0.05) is 13.2 Å². The molecule has 0 atom stereocenters. The molecule has 8 nitrogen and oxygen atoms in total. The summed E-state index contributed by atoms with van der Waals surface area (Å²) < 4.78 is 3.26. The highest BCUT2D eigenvalue weighted by molar-refractivity contribution is 7.99. The normalized spacial score (nSPS) is 10.9. The molecule has 19 heavy (non-hydrogen) atoms. The quantitative estimate of drug-likeness (QED) is 0.742. The Hall–Kier alpha value is -1.87. The molecule has 0 saturated carbocycles. The van der Waals surface area contributed by atoms with Crippen molar-refractivity contribution in [1.29, 1.82) is 0 Å². The van der Waals surface area contributed by atoms with Crippen molar-refractivity contribution < 1.29 is 15.0 Å². The van der Waals surface area contributed by atoms with Crippen LogP contribution in [0.2, 0.25) is 0 Å². The van der Waals surface area contributed by atoms with E-state index in [2.05, 4.69) is 15.3 Å². The summed E-state index contributed by atoms with van der Waals surface area (Å²) in [5.74, 6) is -0.708. The molecule has 0 bridgehead atoms. The molecule has 0 radical (unpaired) electrons. The van der Waals surface area contributed by atoms with Crippen LogP contribution < -0.4 is 0 Å². The third-order valence-electron chi connectivity index (χ3n) is 2.39. The summed E-state index contributed by atoms with van der Waals surface area (Å²) in [6.45, 7) is 1.54. The lowest BCUT2D eigenvalue weighted by atomic mass is 10.4. The van der Waals surface area contributed by atoms with Gasteiger partial charge in [0.15, 0.2) is 11.0 Å². The number of rotatable bonds is 5. The Balaban J connectivity index is 2.44. The summed E-state index contributed by atoms with van der Waals surface area (Å²) in [6, 6.07) is 0. The number of aliphatic carboxylic acids is 1. The Morgan fingerprint density at radius 1 is 1.47 bits per heavy atom. The summed E-state index contributed by atoms with van der Waals surface area (Å²) in [6.07, 6.45) is 1.77. The molecule has 0 aromatic carbocycles. The van der Waals surface area contributed by atoms with Crippen LogP contribution >= 0.6 is 11.8 Å². The minimum Gasteiger partial charge on any atom is -0.481 e. The van der Waals surface area contributed by atoms with Crippen molar-refractivity contribution in [2.45, 2.75) is 18.7 Å². The highest BCUT2D eigenvalue weighted by Gasteiger charge is 2.18. The summed E-state index contributed by atoms with van der Waals surface area (Å²) in [4.78, 5) is 10.6. The monoisotopic (exact) mass is 283 g/mol. The number of thioether (sulfide) groups is 1. The number of carboxylic acids is 1. The van der Waals surface area contributed by atoms with Crippen LogP contribution in [0.15, 0.2) is 11.4 Å². The minimum absolute atomic E-state index is 0.122. The second-order valence-corrected chi connectivity index (χ2v) is 4.79. The fraction of sp³-hybridized carbons (Fsp3) is 0.400. The summed E-state index contributed by atoms with van der Waals surface area (Å²) in [7, 11) is 1.78. The molecule has 2 aromatic rings. The van der Waals surface area contributed by atoms with Gasteiger partial charge in [0.05, 0.1) is 17.1 Å². The molecule has 102 valence electrons. The average Bonchev–Trinajstić information content (AvgIpc) is 2.89. The third-order valence-corrected chi connectivity index (χ3v) is 3.31. The zero-order valence-corrected chi connectivity index (χ0v) is 11.3. The number of aliphatic hydroxyl groups excluding tert-OH is 1. The standard InChI is InChI=1S/C10H13N5O3S/c1-6-7(3-14(2)13-6)15-8(4-16)11-12-10(15)19-5-9(17)18/h3,16H,4-5H2,1-2H3,(H,17,18). The van der Waals surface area contributed by atoms with Crippen molar-refractivity contribution in [2.75, 3.05) is 5.75 Å². The smallest absolute Gasteiger partial charge is 0.313 e. The average molecular weight is 283 g/mol. The van der Waals surface area contributed by atoms with Crippen molar-refractivity contribution in [3.8, 4) is 5.69 Å². The van der Waals surface area contributed by atoms with Gasteiger partial charge in [-0.05, 0) is 6.92 Å². The van der Waals surface area contributed by atoms with Gasteiger partial charge in [0.25, 0.3) is 0 Å². The predicted molar refractivity (Wildman–Crippen MR) is 67.1 cm³/mol. The lowest BCUT2D eigenvalue weighted by Gasteiger charge is -2.06. The number of aromatic nitrogens is 5. The van der Waals surface area contributed by atoms with Gasteiger partial charge in [-0.3, -0.25) is 14.0 Å². The molecular formula is C10H13N5O3S. The largest absolute Gasteiger partial charge is 0.481 e. The van der Waals surface area contributed by atoms with Gasteiger partial charge in [-0.25, -0.2) is 0 Å². The number of nitrogens with zero attached hydrogens (tertiary/aromatic N) is 5. The van der Waals surface area contributed by atoms with Crippen molar-refractivity contribution in [2.24, 2.45) is 7.05 Å². The molecule has 0 unspecified atom stereocenters. The minimum atomic E-state index is -0.937. The maximum atomic E-state index is 10.6. The van der Waals surface area contributed by atoms with Crippen LogP contribution in [0.3, 0.4) is 0 Å².